The molecule has 1 aliphatic heterocycles. The Morgan fingerprint density at radius 3 is 2.95 bits per heavy atom. The van der Waals surface area contributed by atoms with Gasteiger partial charge in [0.05, 0.1) is 12.2 Å². The largest absolute Gasteiger partial charge is 0.387 e. The molecule has 0 spiro atoms. The third-order valence-electron chi connectivity index (χ3n) is 3.36. The highest BCUT2D eigenvalue weighted by Gasteiger charge is 2.21. The minimum atomic E-state index is -1.04. The number of likely N-dealkylation sites (N-methyl/N-ethyl adjacent to an activating group) is 1. The summed E-state index contributed by atoms with van der Waals surface area (Å²) in [6.45, 7) is 1.72. The molecule has 0 amide bonds. The lowest BCUT2D eigenvalue weighted by atomic mass is 10.1. The van der Waals surface area contributed by atoms with Crippen molar-refractivity contribution in [3.8, 4) is 0 Å². The van der Waals surface area contributed by atoms with Crippen LogP contribution in [0.5, 0.6) is 0 Å². The van der Waals surface area contributed by atoms with Gasteiger partial charge in [-0.3, -0.25) is 0 Å². The first-order valence-corrected chi connectivity index (χ1v) is 6.50. The predicted octanol–water partition coefficient (Wildman–Crippen LogP) is 2.11. The molecule has 2 rings (SSSR count). The molecule has 1 aromatic rings. The molecular weight excluding hydrogens is 252 g/mol. The van der Waals surface area contributed by atoms with E-state index in [1.807, 2.05) is 11.9 Å². The number of hydrogen-bond acceptors (Lipinski definition) is 3. The number of ether oxygens (including phenoxy) is 1. The van der Waals surface area contributed by atoms with Gasteiger partial charge in [-0.15, -0.1) is 0 Å². The zero-order valence-electron chi connectivity index (χ0n) is 11.0. The van der Waals surface area contributed by atoms with E-state index in [4.69, 9.17) is 4.74 Å². The van der Waals surface area contributed by atoms with Gasteiger partial charge >= 0.3 is 0 Å². The van der Waals surface area contributed by atoms with Crippen LogP contribution in [0.2, 0.25) is 0 Å². The van der Waals surface area contributed by atoms with E-state index in [-0.39, 0.29) is 18.2 Å². The number of hydrogen-bond donors (Lipinski definition) is 1. The van der Waals surface area contributed by atoms with Crippen LogP contribution >= 0.6 is 0 Å². The Labute approximate surface area is 111 Å². The zero-order chi connectivity index (χ0) is 13.8. The van der Waals surface area contributed by atoms with Gasteiger partial charge in [0.15, 0.2) is 11.6 Å². The van der Waals surface area contributed by atoms with Crippen LogP contribution in [0.25, 0.3) is 0 Å². The average Bonchev–Trinajstić information content (AvgIpc) is 2.85. The summed E-state index contributed by atoms with van der Waals surface area (Å²) in [6, 6.07) is 3.85. The molecule has 0 aliphatic carbocycles. The summed E-state index contributed by atoms with van der Waals surface area (Å²) in [5.74, 6) is -1.90. The highest BCUT2D eigenvalue weighted by atomic mass is 19.2. The molecule has 106 valence electrons. The van der Waals surface area contributed by atoms with Gasteiger partial charge in [0.1, 0.15) is 0 Å². The third kappa shape index (κ3) is 3.72. The van der Waals surface area contributed by atoms with Crippen molar-refractivity contribution in [3.63, 3.8) is 0 Å². The van der Waals surface area contributed by atoms with Gasteiger partial charge in [-0.2, -0.15) is 0 Å². The fourth-order valence-corrected chi connectivity index (χ4v) is 2.38. The summed E-state index contributed by atoms with van der Waals surface area (Å²) >= 11 is 0. The topological polar surface area (TPSA) is 32.7 Å². The number of rotatable bonds is 5. The third-order valence-corrected chi connectivity index (χ3v) is 3.36. The minimum Gasteiger partial charge on any atom is -0.387 e. The first-order chi connectivity index (χ1) is 9.08. The van der Waals surface area contributed by atoms with Gasteiger partial charge in [-0.1, -0.05) is 12.1 Å². The van der Waals surface area contributed by atoms with Gasteiger partial charge < -0.3 is 14.7 Å². The summed E-state index contributed by atoms with van der Waals surface area (Å²) in [4.78, 5) is 1.88. The average molecular weight is 271 g/mol. The molecule has 1 fully saturated rings. The van der Waals surface area contributed by atoms with Gasteiger partial charge in [0.25, 0.3) is 0 Å². The molecule has 1 saturated heterocycles. The highest BCUT2D eigenvalue weighted by Crippen LogP contribution is 2.20. The number of benzene rings is 1. The van der Waals surface area contributed by atoms with E-state index >= 15 is 0 Å². The van der Waals surface area contributed by atoms with Crippen molar-refractivity contribution in [2.24, 2.45) is 0 Å². The molecule has 2 atom stereocenters. The molecule has 3 nitrogen and oxygen atoms in total. The number of nitrogens with zero attached hydrogens (tertiary/aromatic N) is 1. The monoisotopic (exact) mass is 271 g/mol. The van der Waals surface area contributed by atoms with E-state index in [0.717, 1.165) is 25.5 Å². The predicted molar refractivity (Wildman–Crippen MR) is 67.8 cm³/mol. The van der Waals surface area contributed by atoms with E-state index in [9.17, 15) is 13.9 Å². The molecule has 2 unspecified atom stereocenters. The lowest BCUT2D eigenvalue weighted by molar-refractivity contribution is 0.0592. The summed E-state index contributed by atoms with van der Waals surface area (Å²) in [5.41, 5.74) is -0.000750. The molecular formula is C14H19F2NO2. The lowest BCUT2D eigenvalue weighted by Gasteiger charge is -2.23. The van der Waals surface area contributed by atoms with Crippen molar-refractivity contribution in [2.75, 3.05) is 26.7 Å². The van der Waals surface area contributed by atoms with E-state index < -0.39 is 17.7 Å². The fourth-order valence-electron chi connectivity index (χ4n) is 2.38. The molecule has 1 N–H and O–H groups in total. The molecule has 0 aromatic heterocycles. The van der Waals surface area contributed by atoms with Crippen molar-refractivity contribution < 1.29 is 18.6 Å². The normalized spacial score (nSPS) is 21.0. The first kappa shape index (κ1) is 14.4. The fraction of sp³-hybridized carbons (Fsp3) is 0.571. The Bertz CT molecular complexity index is 422. The van der Waals surface area contributed by atoms with Crippen LogP contribution in [0.4, 0.5) is 8.78 Å². The highest BCUT2D eigenvalue weighted by molar-refractivity contribution is 5.21. The second-order valence-corrected chi connectivity index (χ2v) is 5.02. The van der Waals surface area contributed by atoms with Crippen LogP contribution in [0, 0.1) is 11.6 Å². The van der Waals surface area contributed by atoms with E-state index in [0.29, 0.717) is 6.54 Å². The molecule has 5 heteroatoms. The van der Waals surface area contributed by atoms with Crippen molar-refractivity contribution in [3.05, 3.63) is 35.4 Å². The van der Waals surface area contributed by atoms with Crippen LogP contribution in [0.1, 0.15) is 24.5 Å². The van der Waals surface area contributed by atoms with Crippen molar-refractivity contribution >= 4 is 0 Å². The molecule has 1 aromatic carbocycles. The number of aliphatic hydroxyl groups is 1. The van der Waals surface area contributed by atoms with E-state index in [1.165, 1.54) is 12.1 Å². The van der Waals surface area contributed by atoms with Gasteiger partial charge in [-0.25, -0.2) is 8.78 Å². The van der Waals surface area contributed by atoms with Crippen LogP contribution in [-0.4, -0.2) is 42.9 Å². The molecule has 1 aliphatic rings. The Morgan fingerprint density at radius 2 is 2.26 bits per heavy atom. The van der Waals surface area contributed by atoms with Gasteiger partial charge in [0.2, 0.25) is 0 Å². The number of aliphatic hydroxyl groups excluding tert-OH is 1. The Morgan fingerprint density at radius 1 is 1.47 bits per heavy atom. The maximum absolute atomic E-state index is 13.5. The van der Waals surface area contributed by atoms with Gasteiger partial charge in [0, 0.05) is 25.3 Å². The maximum atomic E-state index is 13.5. The quantitative estimate of drug-likeness (QED) is 0.890. The Balaban J connectivity index is 1.92. The summed E-state index contributed by atoms with van der Waals surface area (Å²) in [6.07, 6.45) is 1.20. The second-order valence-electron chi connectivity index (χ2n) is 5.02. The van der Waals surface area contributed by atoms with Crippen LogP contribution in [-0.2, 0) is 4.74 Å². The first-order valence-electron chi connectivity index (χ1n) is 6.50. The molecule has 1 heterocycles. The molecule has 0 saturated carbocycles. The van der Waals surface area contributed by atoms with Crippen LogP contribution < -0.4 is 0 Å². The molecule has 19 heavy (non-hydrogen) atoms. The van der Waals surface area contributed by atoms with E-state index in [1.54, 1.807) is 0 Å². The molecule has 0 bridgehead atoms. The maximum Gasteiger partial charge on any atom is 0.164 e. The Hall–Kier alpha value is -1.04. The molecule has 0 radical (unpaired) electrons. The number of halogens is 2. The van der Waals surface area contributed by atoms with Crippen molar-refractivity contribution in [1.82, 2.24) is 4.90 Å². The standard InChI is InChI=1S/C14H19F2NO2/c1-17(8-10-4-3-7-19-10)9-13(18)11-5-2-6-12(15)14(11)16/h2,5-6,10,13,18H,3-4,7-9H2,1H3. The van der Waals surface area contributed by atoms with Crippen molar-refractivity contribution in [2.45, 2.75) is 25.0 Å². The van der Waals surface area contributed by atoms with E-state index in [2.05, 4.69) is 0 Å². The summed E-state index contributed by atoms with van der Waals surface area (Å²) < 4.78 is 32.1. The SMILES string of the molecule is CN(CC1CCCO1)CC(O)c1cccc(F)c1F. The smallest absolute Gasteiger partial charge is 0.164 e. The summed E-state index contributed by atoms with van der Waals surface area (Å²) in [7, 11) is 1.84. The van der Waals surface area contributed by atoms with Crippen molar-refractivity contribution in [1.29, 1.82) is 0 Å². The lowest BCUT2D eigenvalue weighted by Crippen LogP contribution is -2.32. The van der Waals surface area contributed by atoms with Gasteiger partial charge in [-0.05, 0) is 26.0 Å². The minimum absolute atomic E-state index is 0.000750. The van der Waals surface area contributed by atoms with Crippen LogP contribution in [0.15, 0.2) is 18.2 Å². The van der Waals surface area contributed by atoms with Crippen LogP contribution in [0.3, 0.4) is 0 Å². The summed E-state index contributed by atoms with van der Waals surface area (Å²) in [5, 5.41) is 9.98. The second kappa shape index (κ2) is 6.41. The Kier molecular flexibility index (Phi) is 4.85. The zero-order valence-corrected chi connectivity index (χ0v) is 11.0.